The molecule has 0 saturated heterocycles. The number of rotatable bonds is 7. The van der Waals surface area contributed by atoms with Gasteiger partial charge in [-0.2, -0.15) is 13.2 Å². The van der Waals surface area contributed by atoms with Crippen molar-refractivity contribution in [1.29, 1.82) is 0 Å². The lowest BCUT2D eigenvalue weighted by Gasteiger charge is -2.22. The van der Waals surface area contributed by atoms with Crippen LogP contribution in [0.4, 0.5) is 19.1 Å². The minimum atomic E-state index is -4.52. The van der Waals surface area contributed by atoms with Crippen LogP contribution < -0.4 is 16.4 Å². The number of hydrogen-bond acceptors (Lipinski definition) is 5. The van der Waals surface area contributed by atoms with E-state index in [1.54, 1.807) is 6.92 Å². The van der Waals surface area contributed by atoms with E-state index in [1.807, 2.05) is 6.92 Å². The number of nitrogens with one attached hydrogen (secondary N) is 2. The quantitative estimate of drug-likeness (QED) is 0.663. The minimum Gasteiger partial charge on any atom is -0.353 e. The monoisotopic (exact) mass is 319 g/mol. The summed E-state index contributed by atoms with van der Waals surface area (Å²) in [4.78, 5) is 18.9. The number of nitrogens with two attached hydrogens (primary N) is 1. The van der Waals surface area contributed by atoms with Crippen LogP contribution in [-0.2, 0) is 11.0 Å². The van der Waals surface area contributed by atoms with Gasteiger partial charge >= 0.3 is 6.18 Å². The maximum absolute atomic E-state index is 12.5. The number of carbonyl (C=O) groups excluding carboxylic acids is 1. The predicted molar refractivity (Wildman–Crippen MR) is 76.0 cm³/mol. The lowest BCUT2D eigenvalue weighted by atomic mass is 9.97. The molecule has 1 heterocycles. The summed E-state index contributed by atoms with van der Waals surface area (Å²) in [6.07, 6.45) is -2.18. The zero-order valence-electron chi connectivity index (χ0n) is 12.5. The zero-order valence-corrected chi connectivity index (χ0v) is 12.5. The Balaban J connectivity index is 2.44. The van der Waals surface area contributed by atoms with Gasteiger partial charge in [0.1, 0.15) is 5.69 Å². The van der Waals surface area contributed by atoms with Crippen LogP contribution in [0.2, 0.25) is 0 Å². The number of anilines is 1. The maximum Gasteiger partial charge on any atom is 0.433 e. The topological polar surface area (TPSA) is 92.9 Å². The Bertz CT molecular complexity index is 505. The molecule has 4 N–H and O–H groups in total. The molecule has 1 aromatic rings. The van der Waals surface area contributed by atoms with E-state index in [0.29, 0.717) is 6.42 Å². The highest BCUT2D eigenvalue weighted by Crippen LogP contribution is 2.27. The molecule has 0 radical (unpaired) electrons. The van der Waals surface area contributed by atoms with Crippen molar-refractivity contribution < 1.29 is 18.0 Å². The highest BCUT2D eigenvalue weighted by Gasteiger charge is 2.32. The van der Waals surface area contributed by atoms with Crippen LogP contribution in [0.15, 0.2) is 12.3 Å². The van der Waals surface area contributed by atoms with Gasteiger partial charge in [-0.1, -0.05) is 13.3 Å². The normalized spacial score (nSPS) is 14.3. The van der Waals surface area contributed by atoms with Gasteiger partial charge in [-0.05, 0) is 19.4 Å². The SMILES string of the molecule is CCCC(C)(N)C(=O)NCCNc1nccc(C(F)(F)F)n1. The van der Waals surface area contributed by atoms with E-state index in [4.69, 9.17) is 5.73 Å². The molecular weight excluding hydrogens is 299 g/mol. The van der Waals surface area contributed by atoms with Crippen molar-refractivity contribution in [3.05, 3.63) is 18.0 Å². The van der Waals surface area contributed by atoms with Crippen LogP contribution in [-0.4, -0.2) is 34.5 Å². The van der Waals surface area contributed by atoms with Crippen molar-refractivity contribution in [3.8, 4) is 0 Å². The van der Waals surface area contributed by atoms with E-state index in [2.05, 4.69) is 20.6 Å². The molecule has 0 fully saturated rings. The second kappa shape index (κ2) is 7.39. The summed E-state index contributed by atoms with van der Waals surface area (Å²) in [6, 6.07) is 0.789. The molecule has 0 aromatic carbocycles. The Morgan fingerprint density at radius 1 is 1.36 bits per heavy atom. The highest BCUT2D eigenvalue weighted by atomic mass is 19.4. The third-order valence-electron chi connectivity index (χ3n) is 2.93. The Labute approximate surface area is 126 Å². The van der Waals surface area contributed by atoms with E-state index < -0.39 is 17.4 Å². The van der Waals surface area contributed by atoms with Gasteiger partial charge in [0, 0.05) is 19.3 Å². The highest BCUT2D eigenvalue weighted by molar-refractivity contribution is 5.85. The molecule has 1 unspecified atom stereocenters. The molecule has 9 heteroatoms. The first kappa shape index (κ1) is 18.1. The Hall–Kier alpha value is -1.90. The van der Waals surface area contributed by atoms with Crippen molar-refractivity contribution in [3.63, 3.8) is 0 Å². The molecule has 0 aliphatic heterocycles. The van der Waals surface area contributed by atoms with Crippen LogP contribution >= 0.6 is 0 Å². The zero-order chi connectivity index (χ0) is 16.8. The van der Waals surface area contributed by atoms with E-state index in [9.17, 15) is 18.0 Å². The van der Waals surface area contributed by atoms with E-state index >= 15 is 0 Å². The van der Waals surface area contributed by atoms with Crippen LogP contribution in [0.25, 0.3) is 0 Å². The summed E-state index contributed by atoms with van der Waals surface area (Å²) in [6.45, 7) is 3.95. The maximum atomic E-state index is 12.5. The summed E-state index contributed by atoms with van der Waals surface area (Å²) in [5.74, 6) is -0.450. The molecule has 0 saturated carbocycles. The third-order valence-corrected chi connectivity index (χ3v) is 2.93. The summed E-state index contributed by atoms with van der Waals surface area (Å²) >= 11 is 0. The van der Waals surface area contributed by atoms with Gasteiger partial charge in [0.15, 0.2) is 0 Å². The molecule has 0 aliphatic rings. The lowest BCUT2D eigenvalue weighted by Crippen LogP contribution is -2.52. The smallest absolute Gasteiger partial charge is 0.353 e. The number of carbonyl (C=O) groups is 1. The largest absolute Gasteiger partial charge is 0.433 e. The average molecular weight is 319 g/mol. The van der Waals surface area contributed by atoms with E-state index in [1.165, 1.54) is 0 Å². The van der Waals surface area contributed by atoms with Gasteiger partial charge in [-0.15, -0.1) is 0 Å². The van der Waals surface area contributed by atoms with Gasteiger partial charge in [-0.3, -0.25) is 4.79 Å². The summed E-state index contributed by atoms with van der Waals surface area (Å²) < 4.78 is 37.4. The molecule has 0 aliphatic carbocycles. The first-order valence-corrected chi connectivity index (χ1v) is 6.88. The van der Waals surface area contributed by atoms with Crippen LogP contribution in [0, 0.1) is 0 Å². The third kappa shape index (κ3) is 5.47. The number of hydrogen-bond donors (Lipinski definition) is 3. The van der Waals surface area contributed by atoms with Crippen molar-refractivity contribution in [1.82, 2.24) is 15.3 Å². The molecule has 0 bridgehead atoms. The minimum absolute atomic E-state index is 0.145. The van der Waals surface area contributed by atoms with Crippen molar-refractivity contribution in [2.45, 2.75) is 38.4 Å². The standard InChI is InChI=1S/C13H20F3N5O/c1-3-5-12(2,17)10(22)18-7-8-20-11-19-6-4-9(21-11)13(14,15)16/h4,6H,3,5,7-8,17H2,1-2H3,(H,18,22)(H,19,20,21). The first-order valence-electron chi connectivity index (χ1n) is 6.88. The molecule has 124 valence electrons. The van der Waals surface area contributed by atoms with Crippen LogP contribution in [0.1, 0.15) is 32.4 Å². The van der Waals surface area contributed by atoms with Crippen LogP contribution in [0.5, 0.6) is 0 Å². The van der Waals surface area contributed by atoms with E-state index in [0.717, 1.165) is 18.7 Å². The van der Waals surface area contributed by atoms with Gasteiger partial charge in [0.2, 0.25) is 11.9 Å². The number of nitrogens with zero attached hydrogens (tertiary/aromatic N) is 2. The molecule has 0 spiro atoms. The van der Waals surface area contributed by atoms with Gasteiger partial charge < -0.3 is 16.4 Å². The summed E-state index contributed by atoms with van der Waals surface area (Å²) in [5.41, 5.74) is 3.87. The van der Waals surface area contributed by atoms with Crippen molar-refractivity contribution in [2.75, 3.05) is 18.4 Å². The van der Waals surface area contributed by atoms with Gasteiger partial charge in [0.25, 0.3) is 0 Å². The average Bonchev–Trinajstić information content (AvgIpc) is 2.42. The molecular formula is C13H20F3N5O. The number of aromatic nitrogens is 2. The van der Waals surface area contributed by atoms with Crippen LogP contribution in [0.3, 0.4) is 0 Å². The molecule has 1 aromatic heterocycles. The number of amides is 1. The molecule has 1 amide bonds. The Morgan fingerprint density at radius 2 is 2.05 bits per heavy atom. The fourth-order valence-electron chi connectivity index (χ4n) is 1.79. The second-order valence-corrected chi connectivity index (χ2v) is 5.11. The van der Waals surface area contributed by atoms with Crippen molar-refractivity contribution >= 4 is 11.9 Å². The number of halogens is 3. The summed E-state index contributed by atoms with van der Waals surface area (Å²) in [5, 5.41) is 5.24. The van der Waals surface area contributed by atoms with Crippen molar-refractivity contribution in [2.24, 2.45) is 5.73 Å². The molecule has 22 heavy (non-hydrogen) atoms. The fraction of sp³-hybridized carbons (Fsp3) is 0.615. The predicted octanol–water partition coefficient (Wildman–Crippen LogP) is 1.54. The number of alkyl halides is 3. The van der Waals surface area contributed by atoms with E-state index in [-0.39, 0.29) is 24.9 Å². The molecule has 6 nitrogen and oxygen atoms in total. The van der Waals surface area contributed by atoms with Gasteiger partial charge in [0.05, 0.1) is 5.54 Å². The van der Waals surface area contributed by atoms with Gasteiger partial charge in [-0.25, -0.2) is 9.97 Å². The lowest BCUT2D eigenvalue weighted by molar-refractivity contribution is -0.141. The Kier molecular flexibility index (Phi) is 6.10. The molecule has 1 rings (SSSR count). The Morgan fingerprint density at radius 3 is 2.64 bits per heavy atom. The first-order chi connectivity index (χ1) is 10.2. The molecule has 1 atom stereocenters. The fourth-order valence-corrected chi connectivity index (χ4v) is 1.79. The summed E-state index contributed by atoms with van der Waals surface area (Å²) in [7, 11) is 0. The second-order valence-electron chi connectivity index (χ2n) is 5.11.